The molecule has 2 rings (SSSR count). The van der Waals surface area contributed by atoms with Gasteiger partial charge in [0.15, 0.2) is 0 Å². The summed E-state index contributed by atoms with van der Waals surface area (Å²) in [6, 6.07) is 4.10. The molecule has 3 nitrogen and oxygen atoms in total. The van der Waals surface area contributed by atoms with Gasteiger partial charge in [0.25, 0.3) is 6.43 Å². The first-order chi connectivity index (χ1) is 10.4. The Kier molecular flexibility index (Phi) is 5.34. The van der Waals surface area contributed by atoms with Crippen molar-refractivity contribution in [3.8, 4) is 5.75 Å². The van der Waals surface area contributed by atoms with Crippen LogP contribution in [0, 0.1) is 5.82 Å². The Morgan fingerprint density at radius 3 is 2.77 bits per heavy atom. The van der Waals surface area contributed by atoms with Gasteiger partial charge in [-0.1, -0.05) is 6.08 Å². The Labute approximate surface area is 131 Å². The normalized spacial score (nSPS) is 18.6. The molecule has 1 amide bonds. The molecule has 0 radical (unpaired) electrons. The van der Waals surface area contributed by atoms with Crippen molar-refractivity contribution in [1.82, 2.24) is 4.90 Å². The van der Waals surface area contributed by atoms with Gasteiger partial charge in [-0.3, -0.25) is 4.79 Å². The van der Waals surface area contributed by atoms with E-state index in [0.717, 1.165) is 11.0 Å². The molecule has 1 aromatic rings. The zero-order chi connectivity index (χ0) is 16.3. The van der Waals surface area contributed by atoms with Crippen LogP contribution in [-0.2, 0) is 4.79 Å². The summed E-state index contributed by atoms with van der Waals surface area (Å²) >= 11 is 5.81. The third kappa shape index (κ3) is 3.55. The number of alkyl halides is 3. The molecule has 0 spiro atoms. The van der Waals surface area contributed by atoms with Crippen LogP contribution in [0.25, 0.3) is 5.70 Å². The van der Waals surface area contributed by atoms with Crippen LogP contribution in [0.15, 0.2) is 24.3 Å². The molecule has 0 fully saturated rings. The second-order valence-electron chi connectivity index (χ2n) is 4.71. The molecule has 0 bridgehead atoms. The minimum Gasteiger partial charge on any atom is -0.494 e. The number of halogens is 4. The summed E-state index contributed by atoms with van der Waals surface area (Å²) in [5, 5.41) is -0.909. The summed E-state index contributed by atoms with van der Waals surface area (Å²) in [6.45, 7) is 1.32. The van der Waals surface area contributed by atoms with Gasteiger partial charge in [-0.15, -0.1) is 11.6 Å². The molecule has 0 aromatic heterocycles. The number of carbonyl (C=O) groups is 1. The summed E-state index contributed by atoms with van der Waals surface area (Å²) < 4.78 is 44.8. The Morgan fingerprint density at radius 2 is 2.18 bits per heavy atom. The van der Waals surface area contributed by atoms with Crippen molar-refractivity contribution in [2.24, 2.45) is 0 Å². The van der Waals surface area contributed by atoms with E-state index >= 15 is 0 Å². The van der Waals surface area contributed by atoms with Crippen LogP contribution in [-0.4, -0.2) is 35.8 Å². The quantitative estimate of drug-likeness (QED) is 0.769. The van der Waals surface area contributed by atoms with Gasteiger partial charge in [0.2, 0.25) is 5.91 Å². The van der Waals surface area contributed by atoms with Crippen molar-refractivity contribution in [1.29, 1.82) is 0 Å². The molecule has 22 heavy (non-hydrogen) atoms. The van der Waals surface area contributed by atoms with Crippen molar-refractivity contribution in [3.05, 3.63) is 35.7 Å². The zero-order valence-electron chi connectivity index (χ0n) is 11.9. The lowest BCUT2D eigenvalue weighted by molar-refractivity contribution is -0.129. The van der Waals surface area contributed by atoms with Crippen LogP contribution in [0.5, 0.6) is 5.75 Å². The van der Waals surface area contributed by atoms with E-state index in [4.69, 9.17) is 16.3 Å². The summed E-state index contributed by atoms with van der Waals surface area (Å²) in [5.41, 5.74) is 0.184. The SMILES string of the molecule is CCOc1ccc(C2=CCC(Cl)C(=O)N2CC(F)F)c(F)c1. The van der Waals surface area contributed by atoms with Crippen molar-refractivity contribution >= 4 is 23.2 Å². The average Bonchev–Trinajstić information content (AvgIpc) is 2.45. The predicted molar refractivity (Wildman–Crippen MR) is 77.5 cm³/mol. The number of hydrogen-bond acceptors (Lipinski definition) is 2. The molecule has 1 aliphatic rings. The second kappa shape index (κ2) is 7.05. The zero-order valence-corrected chi connectivity index (χ0v) is 12.6. The van der Waals surface area contributed by atoms with E-state index in [9.17, 15) is 18.0 Å². The summed E-state index contributed by atoms with van der Waals surface area (Å²) in [5.74, 6) is -0.952. The number of hydrogen-bond donors (Lipinski definition) is 0. The highest BCUT2D eigenvalue weighted by Crippen LogP contribution is 2.31. The number of allylic oxidation sites excluding steroid dienone is 1. The van der Waals surface area contributed by atoms with E-state index in [0.29, 0.717) is 12.4 Å². The highest BCUT2D eigenvalue weighted by Gasteiger charge is 2.32. The minimum atomic E-state index is -2.74. The lowest BCUT2D eigenvalue weighted by Crippen LogP contribution is -2.41. The summed E-state index contributed by atoms with van der Waals surface area (Å²) in [7, 11) is 0. The molecule has 1 atom stereocenters. The van der Waals surface area contributed by atoms with E-state index in [1.54, 1.807) is 6.92 Å². The monoisotopic (exact) mass is 333 g/mol. The fourth-order valence-corrected chi connectivity index (χ4v) is 2.46. The number of amides is 1. The van der Waals surface area contributed by atoms with Gasteiger partial charge < -0.3 is 9.64 Å². The van der Waals surface area contributed by atoms with Crippen LogP contribution < -0.4 is 4.74 Å². The fourth-order valence-electron chi connectivity index (χ4n) is 2.26. The maximum Gasteiger partial charge on any atom is 0.256 e. The molecule has 1 aromatic carbocycles. The molecule has 1 unspecified atom stereocenters. The van der Waals surface area contributed by atoms with E-state index in [1.807, 2.05) is 0 Å². The Hall–Kier alpha value is -1.69. The topological polar surface area (TPSA) is 29.5 Å². The van der Waals surface area contributed by atoms with Crippen molar-refractivity contribution in [2.45, 2.75) is 25.1 Å². The number of nitrogens with zero attached hydrogens (tertiary/aromatic N) is 1. The fraction of sp³-hybridized carbons (Fsp3) is 0.400. The summed E-state index contributed by atoms with van der Waals surface area (Å²) in [6.07, 6.45) is -1.07. The molecular formula is C15H15ClF3NO2. The maximum absolute atomic E-state index is 14.2. The molecule has 7 heteroatoms. The molecule has 0 N–H and O–H groups in total. The lowest BCUT2D eigenvalue weighted by Gasteiger charge is -2.31. The minimum absolute atomic E-state index is 0.0704. The molecule has 120 valence electrons. The predicted octanol–water partition coefficient (Wildman–Crippen LogP) is 3.67. The molecule has 0 saturated carbocycles. The molecule has 1 heterocycles. The molecule has 0 aliphatic carbocycles. The number of benzene rings is 1. The number of carbonyl (C=O) groups excluding carboxylic acids is 1. The van der Waals surface area contributed by atoms with Crippen LogP contribution in [0.2, 0.25) is 0 Å². The van der Waals surface area contributed by atoms with Crippen molar-refractivity contribution in [2.75, 3.05) is 13.2 Å². The van der Waals surface area contributed by atoms with Crippen LogP contribution in [0.3, 0.4) is 0 Å². The van der Waals surface area contributed by atoms with Gasteiger partial charge >= 0.3 is 0 Å². The first kappa shape index (κ1) is 16.7. The van der Waals surface area contributed by atoms with Crippen LogP contribution >= 0.6 is 11.6 Å². The van der Waals surface area contributed by atoms with E-state index in [2.05, 4.69) is 0 Å². The van der Waals surface area contributed by atoms with Crippen LogP contribution in [0.4, 0.5) is 13.2 Å². The third-order valence-corrected chi connectivity index (χ3v) is 3.56. The summed E-state index contributed by atoms with van der Waals surface area (Å²) in [4.78, 5) is 12.8. The molecular weight excluding hydrogens is 319 g/mol. The van der Waals surface area contributed by atoms with Gasteiger partial charge in [0.05, 0.1) is 18.8 Å². The van der Waals surface area contributed by atoms with Gasteiger partial charge in [0.1, 0.15) is 16.9 Å². The highest BCUT2D eigenvalue weighted by molar-refractivity contribution is 6.31. The van der Waals surface area contributed by atoms with Gasteiger partial charge in [-0.25, -0.2) is 13.2 Å². The first-order valence-corrected chi connectivity index (χ1v) is 7.24. The van der Waals surface area contributed by atoms with Crippen molar-refractivity contribution < 1.29 is 22.7 Å². The van der Waals surface area contributed by atoms with Crippen molar-refractivity contribution in [3.63, 3.8) is 0 Å². The molecule has 0 saturated heterocycles. The smallest absolute Gasteiger partial charge is 0.256 e. The van der Waals surface area contributed by atoms with Crippen LogP contribution in [0.1, 0.15) is 18.9 Å². The maximum atomic E-state index is 14.2. The Balaban J connectivity index is 2.37. The van der Waals surface area contributed by atoms with E-state index in [-0.39, 0.29) is 17.7 Å². The highest BCUT2D eigenvalue weighted by atomic mass is 35.5. The number of rotatable bonds is 5. The van der Waals surface area contributed by atoms with Gasteiger partial charge in [0, 0.05) is 11.6 Å². The third-order valence-electron chi connectivity index (χ3n) is 3.19. The average molecular weight is 334 g/mol. The largest absolute Gasteiger partial charge is 0.494 e. The van der Waals surface area contributed by atoms with Gasteiger partial charge in [-0.2, -0.15) is 0 Å². The van der Waals surface area contributed by atoms with E-state index in [1.165, 1.54) is 18.2 Å². The first-order valence-electron chi connectivity index (χ1n) is 6.80. The lowest BCUT2D eigenvalue weighted by atomic mass is 10.0. The van der Waals surface area contributed by atoms with Gasteiger partial charge in [-0.05, 0) is 25.5 Å². The Morgan fingerprint density at radius 1 is 1.45 bits per heavy atom. The standard InChI is InChI=1S/C15H15ClF3NO2/c1-2-22-9-3-4-10(12(17)7-9)13-6-5-11(16)15(21)20(13)8-14(18)19/h3-4,6-7,11,14H,2,5,8H2,1H3. The Bertz CT molecular complexity index is 592. The second-order valence-corrected chi connectivity index (χ2v) is 5.23. The number of ether oxygens (including phenoxy) is 1. The molecule has 1 aliphatic heterocycles. The van der Waals surface area contributed by atoms with E-state index < -0.39 is 30.1 Å².